The molecule has 4 aromatic rings. The first kappa shape index (κ1) is 46.2. The number of ether oxygens (including phenoxy) is 2. The fourth-order valence-corrected chi connectivity index (χ4v) is 8.11. The van der Waals surface area contributed by atoms with Crippen molar-refractivity contribution in [1.29, 1.82) is 0 Å². The van der Waals surface area contributed by atoms with E-state index in [1.54, 1.807) is 29.2 Å². The number of aliphatic hydroxyl groups is 1. The number of carbonyl (C=O) groups excluding carboxylic acids is 5. The number of benzene rings is 4. The Labute approximate surface area is 369 Å². The Morgan fingerprint density at radius 1 is 0.698 bits per heavy atom. The van der Waals surface area contributed by atoms with Crippen molar-refractivity contribution in [1.82, 2.24) is 20.4 Å². The second-order valence-corrected chi connectivity index (χ2v) is 17.0. The van der Waals surface area contributed by atoms with Crippen LogP contribution < -0.4 is 26.2 Å². The summed E-state index contributed by atoms with van der Waals surface area (Å²) in [5.74, 6) is -1.21. The van der Waals surface area contributed by atoms with E-state index in [0.717, 1.165) is 16.8 Å². The number of alkyl carbamates (subject to hydrolysis) is 1. The van der Waals surface area contributed by atoms with E-state index in [0.29, 0.717) is 68.8 Å². The summed E-state index contributed by atoms with van der Waals surface area (Å²) >= 11 is 0. The van der Waals surface area contributed by atoms with Crippen molar-refractivity contribution >= 4 is 46.8 Å². The second kappa shape index (κ2) is 21.2. The third kappa shape index (κ3) is 12.0. The summed E-state index contributed by atoms with van der Waals surface area (Å²) in [6, 6.07) is 31.1. The maximum atomic E-state index is 13.8. The van der Waals surface area contributed by atoms with Crippen LogP contribution in [0.4, 0.5) is 21.9 Å². The average Bonchev–Trinajstić information content (AvgIpc) is 4.00. The van der Waals surface area contributed by atoms with Crippen LogP contribution in [0.25, 0.3) is 0 Å². The predicted octanol–water partition coefficient (Wildman–Crippen LogP) is 5.78. The first-order valence-electron chi connectivity index (χ1n) is 21.3. The molecule has 0 aromatic heterocycles. The quantitative estimate of drug-likeness (QED) is 0.0868. The number of hydrogen-bond acceptors (Lipinski definition) is 10. The van der Waals surface area contributed by atoms with Gasteiger partial charge < -0.3 is 45.2 Å². The number of amides is 5. The molecule has 5 atom stereocenters. The molecule has 0 aliphatic carbocycles. The summed E-state index contributed by atoms with van der Waals surface area (Å²) < 4.78 is 9.74. The number of likely N-dealkylation sites (tertiary alicyclic amines) is 2. The predicted molar refractivity (Wildman–Crippen MR) is 240 cm³/mol. The van der Waals surface area contributed by atoms with Gasteiger partial charge in [-0.3, -0.25) is 24.5 Å². The van der Waals surface area contributed by atoms with Gasteiger partial charge >= 0.3 is 6.09 Å². The smallest absolute Gasteiger partial charge is 0.407 e. The summed E-state index contributed by atoms with van der Waals surface area (Å²) in [4.78, 5) is 72.3. The Hall–Kier alpha value is -6.29. The van der Waals surface area contributed by atoms with Gasteiger partial charge in [0.05, 0.1) is 13.2 Å². The molecule has 15 nitrogen and oxygen atoms in total. The highest BCUT2D eigenvalue weighted by molar-refractivity contribution is 5.99. The van der Waals surface area contributed by atoms with Crippen LogP contribution in [0.15, 0.2) is 109 Å². The summed E-state index contributed by atoms with van der Waals surface area (Å²) in [5.41, 5.74) is 4.30. The summed E-state index contributed by atoms with van der Waals surface area (Å²) in [6.07, 6.45) is 0.306. The van der Waals surface area contributed by atoms with Gasteiger partial charge in [0.25, 0.3) is 5.91 Å². The SMILES string of the molecule is COC(=O)N[C@@H](C(=O)N1CCC[C@H]1C(=O)Nc1ccc(CN(Cc2ccc(NC(=O)[C@@H]3CCCN3C(=O)[C@@H](NC(O)OC)C(C)(C)C)cc2)c2ccccc2)cc1)c1ccccc1. The zero-order valence-electron chi connectivity index (χ0n) is 36.6. The van der Waals surface area contributed by atoms with E-state index in [1.165, 1.54) is 19.1 Å². The maximum absolute atomic E-state index is 13.8. The van der Waals surface area contributed by atoms with Crippen LogP contribution in [0.1, 0.15) is 69.2 Å². The van der Waals surface area contributed by atoms with Crippen molar-refractivity contribution in [2.24, 2.45) is 5.41 Å². The zero-order chi connectivity index (χ0) is 45.1. The van der Waals surface area contributed by atoms with Crippen molar-refractivity contribution in [3.8, 4) is 0 Å². The number of para-hydroxylation sites is 1. The molecule has 0 radical (unpaired) electrons. The lowest BCUT2D eigenvalue weighted by Crippen LogP contribution is -2.58. The molecule has 1 unspecified atom stereocenters. The van der Waals surface area contributed by atoms with E-state index in [-0.39, 0.29) is 23.6 Å². The van der Waals surface area contributed by atoms with E-state index in [9.17, 15) is 29.1 Å². The molecule has 2 aliphatic rings. The van der Waals surface area contributed by atoms with Crippen molar-refractivity contribution in [2.45, 2.75) is 90.1 Å². The molecule has 334 valence electrons. The van der Waals surface area contributed by atoms with Gasteiger partial charge in [0.1, 0.15) is 18.1 Å². The Balaban J connectivity index is 1.08. The minimum Gasteiger partial charge on any atom is -0.453 e. The van der Waals surface area contributed by atoms with Crippen LogP contribution in [-0.2, 0) is 41.7 Å². The molecule has 0 saturated carbocycles. The number of anilines is 3. The van der Waals surface area contributed by atoms with Crippen molar-refractivity contribution in [3.05, 3.63) is 126 Å². The Bertz CT molecular complexity index is 2170. The van der Waals surface area contributed by atoms with Gasteiger partial charge in [-0.1, -0.05) is 93.6 Å². The highest BCUT2D eigenvalue weighted by atomic mass is 16.6. The highest BCUT2D eigenvalue weighted by Gasteiger charge is 2.42. The highest BCUT2D eigenvalue weighted by Crippen LogP contribution is 2.29. The summed E-state index contributed by atoms with van der Waals surface area (Å²) in [6.45, 7) is 7.63. The second-order valence-electron chi connectivity index (χ2n) is 17.0. The lowest BCUT2D eigenvalue weighted by molar-refractivity contribution is -0.149. The number of carbonyl (C=O) groups is 5. The topological polar surface area (TPSA) is 182 Å². The molecule has 5 N–H and O–H groups in total. The first-order chi connectivity index (χ1) is 30.2. The molecule has 2 heterocycles. The van der Waals surface area contributed by atoms with Gasteiger partial charge in [0.15, 0.2) is 0 Å². The number of rotatable bonds is 16. The minimum atomic E-state index is -1.32. The van der Waals surface area contributed by atoms with E-state index >= 15 is 0 Å². The molecule has 2 aliphatic heterocycles. The molecular formula is C48H59N7O8. The number of nitrogens with one attached hydrogen (secondary N) is 4. The fraction of sp³-hybridized carbons (Fsp3) is 0.396. The van der Waals surface area contributed by atoms with Gasteiger partial charge in [-0.25, -0.2) is 4.79 Å². The van der Waals surface area contributed by atoms with Crippen LogP contribution in [0.3, 0.4) is 0 Å². The fourth-order valence-electron chi connectivity index (χ4n) is 8.11. The van der Waals surface area contributed by atoms with Gasteiger partial charge in [0.2, 0.25) is 24.1 Å². The number of aliphatic hydroxyl groups excluding tert-OH is 1. The van der Waals surface area contributed by atoms with Crippen LogP contribution >= 0.6 is 0 Å². The lowest BCUT2D eigenvalue weighted by atomic mass is 9.85. The van der Waals surface area contributed by atoms with Crippen LogP contribution in [0.5, 0.6) is 0 Å². The minimum absolute atomic E-state index is 0.263. The van der Waals surface area contributed by atoms with Crippen molar-refractivity contribution < 1.29 is 38.6 Å². The monoisotopic (exact) mass is 861 g/mol. The van der Waals surface area contributed by atoms with Crippen LogP contribution in [-0.4, -0.2) is 96.5 Å². The van der Waals surface area contributed by atoms with Crippen LogP contribution in [0, 0.1) is 5.41 Å². The first-order valence-corrected chi connectivity index (χ1v) is 21.3. The largest absolute Gasteiger partial charge is 0.453 e. The lowest BCUT2D eigenvalue weighted by Gasteiger charge is -2.36. The summed E-state index contributed by atoms with van der Waals surface area (Å²) in [7, 11) is 2.58. The molecular weight excluding hydrogens is 803 g/mol. The molecule has 6 rings (SSSR count). The molecule has 15 heteroatoms. The molecule has 0 bridgehead atoms. The van der Waals surface area contributed by atoms with Gasteiger partial charge in [0, 0.05) is 50.4 Å². The molecule has 2 fully saturated rings. The Morgan fingerprint density at radius 3 is 1.63 bits per heavy atom. The van der Waals surface area contributed by atoms with E-state index < -0.39 is 42.1 Å². The third-order valence-corrected chi connectivity index (χ3v) is 11.5. The van der Waals surface area contributed by atoms with E-state index in [4.69, 9.17) is 9.47 Å². The summed E-state index contributed by atoms with van der Waals surface area (Å²) in [5, 5.41) is 21.6. The van der Waals surface area contributed by atoms with Crippen molar-refractivity contribution in [3.63, 3.8) is 0 Å². The van der Waals surface area contributed by atoms with Gasteiger partial charge in [-0.05, 0) is 84.2 Å². The number of nitrogens with zero attached hydrogens (tertiary/aromatic N) is 3. The normalized spacial score (nSPS) is 17.6. The standard InChI is InChI=1S/C48H59N7O8/c1-48(2,3)41(52-47(61)63-5)45(59)55-29-13-19-39(55)43(57)50-36-26-22-33(23-27-36)31-53(37-16-10-7-11-17-37)30-32-20-24-35(25-21-32)49-42(56)38-18-12-28-54(38)44(58)40(51-46(60)62-4)34-14-8-6-9-15-34/h6-11,14-17,20-27,38-41,47,52,61H,12-13,18-19,28-31H2,1-5H3,(H,49,56)(H,50,57)(H,51,60)/t38-,39-,40+,41+,47?/m0/s1. The third-order valence-electron chi connectivity index (χ3n) is 11.5. The van der Waals surface area contributed by atoms with E-state index in [2.05, 4.69) is 26.2 Å². The number of hydrogen-bond donors (Lipinski definition) is 5. The molecule has 63 heavy (non-hydrogen) atoms. The Morgan fingerprint density at radius 2 is 1.17 bits per heavy atom. The molecule has 5 amide bonds. The van der Waals surface area contributed by atoms with Gasteiger partial charge in [-0.15, -0.1) is 0 Å². The molecule has 2 saturated heterocycles. The van der Waals surface area contributed by atoms with E-state index in [1.807, 2.05) is 106 Å². The van der Waals surface area contributed by atoms with Crippen LogP contribution in [0.2, 0.25) is 0 Å². The molecule has 4 aromatic carbocycles. The molecule has 0 spiro atoms. The zero-order valence-corrected chi connectivity index (χ0v) is 36.6. The van der Waals surface area contributed by atoms with Gasteiger partial charge in [-0.2, -0.15) is 0 Å². The Kier molecular flexibility index (Phi) is 15.5. The van der Waals surface area contributed by atoms with Crippen molar-refractivity contribution in [2.75, 3.05) is 42.8 Å². The maximum Gasteiger partial charge on any atom is 0.407 e. The number of methoxy groups -OCH3 is 2. The average molecular weight is 862 g/mol.